The zero-order valence-corrected chi connectivity index (χ0v) is 9.83. The Morgan fingerprint density at radius 3 is 2.00 bits per heavy atom. The molecule has 1 aliphatic carbocycles. The molecule has 2 atom stereocenters. The van der Waals surface area contributed by atoms with Crippen LogP contribution in [0.1, 0.15) is 46.0 Å². The summed E-state index contributed by atoms with van der Waals surface area (Å²) in [7, 11) is -2.76. The molecular weight excluding hydrogens is 199 g/mol. The Kier molecular flexibility index (Phi) is 3.01. The van der Waals surface area contributed by atoms with Crippen molar-refractivity contribution in [3.63, 3.8) is 0 Å². The maximum absolute atomic E-state index is 12.3. The molecule has 0 bridgehead atoms. The topological polar surface area (TPSA) is 35.5 Å². The van der Waals surface area contributed by atoms with E-state index in [-0.39, 0.29) is 17.9 Å². The van der Waals surface area contributed by atoms with Crippen LogP contribution in [0.25, 0.3) is 0 Å². The molecule has 3 nitrogen and oxygen atoms in total. The Labute approximate surface area is 85.7 Å². The molecular formula is C10H19O3P. The number of rotatable bonds is 1. The Morgan fingerprint density at radius 2 is 1.50 bits per heavy atom. The zero-order valence-electron chi connectivity index (χ0n) is 8.94. The van der Waals surface area contributed by atoms with Gasteiger partial charge in [-0.3, -0.25) is 4.57 Å². The monoisotopic (exact) mass is 218 g/mol. The second kappa shape index (κ2) is 3.96. The van der Waals surface area contributed by atoms with Crippen LogP contribution in [0.4, 0.5) is 0 Å². The van der Waals surface area contributed by atoms with Crippen molar-refractivity contribution in [3.8, 4) is 0 Å². The first-order chi connectivity index (χ1) is 6.62. The van der Waals surface area contributed by atoms with E-state index in [1.807, 2.05) is 13.8 Å². The second-order valence-corrected chi connectivity index (χ2v) is 6.68. The summed E-state index contributed by atoms with van der Waals surface area (Å²) in [5, 5.41) is 0. The summed E-state index contributed by atoms with van der Waals surface area (Å²) < 4.78 is 23.4. The molecule has 0 amide bonds. The molecule has 2 rings (SSSR count). The normalized spacial score (nSPS) is 45.6. The SMILES string of the molecule is CC1OP(=O)(C2CCCCC2)OC1C. The van der Waals surface area contributed by atoms with Crippen molar-refractivity contribution in [1.82, 2.24) is 0 Å². The molecule has 1 saturated heterocycles. The van der Waals surface area contributed by atoms with Crippen LogP contribution in [0, 0.1) is 0 Å². The van der Waals surface area contributed by atoms with Crippen molar-refractivity contribution in [2.45, 2.75) is 63.8 Å². The first-order valence-corrected chi connectivity index (χ1v) is 7.19. The highest BCUT2D eigenvalue weighted by atomic mass is 31.2. The molecule has 0 radical (unpaired) electrons. The van der Waals surface area contributed by atoms with Gasteiger partial charge in [0.05, 0.1) is 17.9 Å². The molecule has 2 aliphatic rings. The van der Waals surface area contributed by atoms with Gasteiger partial charge in [0, 0.05) is 0 Å². The van der Waals surface area contributed by atoms with E-state index in [2.05, 4.69) is 0 Å². The summed E-state index contributed by atoms with van der Waals surface area (Å²) in [4.78, 5) is 0. The molecule has 0 spiro atoms. The summed E-state index contributed by atoms with van der Waals surface area (Å²) in [6.07, 6.45) is 5.61. The minimum absolute atomic E-state index is 0.0113. The molecule has 0 N–H and O–H groups in total. The van der Waals surface area contributed by atoms with Crippen LogP contribution >= 0.6 is 7.60 Å². The van der Waals surface area contributed by atoms with Crippen LogP contribution in [-0.2, 0) is 13.6 Å². The molecule has 0 aromatic carbocycles. The minimum atomic E-state index is -2.76. The van der Waals surface area contributed by atoms with Gasteiger partial charge < -0.3 is 9.05 Å². The highest BCUT2D eigenvalue weighted by molar-refractivity contribution is 7.54. The van der Waals surface area contributed by atoms with Crippen LogP contribution in [0.15, 0.2) is 0 Å². The van der Waals surface area contributed by atoms with Crippen LogP contribution < -0.4 is 0 Å². The lowest BCUT2D eigenvalue weighted by atomic mass is 10.0. The zero-order chi connectivity index (χ0) is 10.2. The lowest BCUT2D eigenvalue weighted by Crippen LogP contribution is -2.13. The predicted molar refractivity (Wildman–Crippen MR) is 55.6 cm³/mol. The summed E-state index contributed by atoms with van der Waals surface area (Å²) in [5.74, 6) is 0. The van der Waals surface area contributed by atoms with Gasteiger partial charge in [0.1, 0.15) is 0 Å². The molecule has 2 fully saturated rings. The van der Waals surface area contributed by atoms with Gasteiger partial charge in [-0.25, -0.2) is 0 Å². The Morgan fingerprint density at radius 1 is 1.00 bits per heavy atom. The van der Waals surface area contributed by atoms with E-state index in [0.717, 1.165) is 12.8 Å². The van der Waals surface area contributed by atoms with Gasteiger partial charge in [0.15, 0.2) is 0 Å². The molecule has 14 heavy (non-hydrogen) atoms. The van der Waals surface area contributed by atoms with Crippen LogP contribution in [-0.4, -0.2) is 17.9 Å². The molecule has 2 unspecified atom stereocenters. The van der Waals surface area contributed by atoms with E-state index in [1.54, 1.807) is 0 Å². The van der Waals surface area contributed by atoms with Gasteiger partial charge in [-0.1, -0.05) is 19.3 Å². The Balaban J connectivity index is 2.05. The third-order valence-electron chi connectivity index (χ3n) is 3.31. The van der Waals surface area contributed by atoms with Crippen LogP contribution in [0.2, 0.25) is 0 Å². The molecule has 0 aromatic heterocycles. The van der Waals surface area contributed by atoms with E-state index in [0.29, 0.717) is 0 Å². The van der Waals surface area contributed by atoms with Crippen molar-refractivity contribution in [2.24, 2.45) is 0 Å². The highest BCUT2D eigenvalue weighted by Crippen LogP contribution is 2.63. The quantitative estimate of drug-likeness (QED) is 0.633. The number of hydrogen-bond acceptors (Lipinski definition) is 3. The molecule has 4 heteroatoms. The van der Waals surface area contributed by atoms with E-state index in [9.17, 15) is 4.57 Å². The van der Waals surface area contributed by atoms with Crippen LogP contribution in [0.3, 0.4) is 0 Å². The summed E-state index contributed by atoms with van der Waals surface area (Å²) in [5.41, 5.74) is 0.170. The van der Waals surface area contributed by atoms with Crippen molar-refractivity contribution < 1.29 is 13.6 Å². The summed E-state index contributed by atoms with van der Waals surface area (Å²) in [6, 6.07) is 0. The maximum Gasteiger partial charge on any atom is 0.334 e. The summed E-state index contributed by atoms with van der Waals surface area (Å²) in [6.45, 7) is 3.88. The largest absolute Gasteiger partial charge is 0.334 e. The Bertz CT molecular complexity index is 234. The van der Waals surface area contributed by atoms with E-state index >= 15 is 0 Å². The van der Waals surface area contributed by atoms with Gasteiger partial charge in [0.25, 0.3) is 0 Å². The van der Waals surface area contributed by atoms with Crippen molar-refractivity contribution in [3.05, 3.63) is 0 Å². The second-order valence-electron chi connectivity index (χ2n) is 4.45. The third kappa shape index (κ3) is 1.91. The van der Waals surface area contributed by atoms with Crippen molar-refractivity contribution in [2.75, 3.05) is 0 Å². The lowest BCUT2D eigenvalue weighted by Gasteiger charge is -2.25. The van der Waals surface area contributed by atoms with Crippen molar-refractivity contribution in [1.29, 1.82) is 0 Å². The fraction of sp³-hybridized carbons (Fsp3) is 1.00. The van der Waals surface area contributed by atoms with E-state index in [4.69, 9.17) is 9.05 Å². The first kappa shape index (κ1) is 10.7. The van der Waals surface area contributed by atoms with Gasteiger partial charge in [-0.05, 0) is 26.7 Å². The molecule has 1 saturated carbocycles. The molecule has 82 valence electrons. The first-order valence-electron chi connectivity index (χ1n) is 5.58. The number of hydrogen-bond donors (Lipinski definition) is 0. The molecule has 0 aromatic rings. The third-order valence-corrected chi connectivity index (χ3v) is 5.97. The average molecular weight is 218 g/mol. The Hall–Kier alpha value is 0.150. The maximum atomic E-state index is 12.3. The van der Waals surface area contributed by atoms with Gasteiger partial charge in [-0.15, -0.1) is 0 Å². The fourth-order valence-corrected chi connectivity index (χ4v) is 4.89. The molecule has 1 aliphatic heterocycles. The predicted octanol–water partition coefficient (Wildman–Crippen LogP) is 3.34. The van der Waals surface area contributed by atoms with Gasteiger partial charge in [-0.2, -0.15) is 0 Å². The lowest BCUT2D eigenvalue weighted by molar-refractivity contribution is 0.187. The van der Waals surface area contributed by atoms with Gasteiger partial charge >= 0.3 is 7.60 Å². The summed E-state index contributed by atoms with van der Waals surface area (Å²) >= 11 is 0. The van der Waals surface area contributed by atoms with Gasteiger partial charge in [0.2, 0.25) is 0 Å². The standard InChI is InChI=1S/C10H19O3P/c1-8-9(2)13-14(11,12-8)10-6-4-3-5-7-10/h8-10H,3-7H2,1-2H3. The highest BCUT2D eigenvalue weighted by Gasteiger charge is 2.45. The van der Waals surface area contributed by atoms with Crippen LogP contribution in [0.5, 0.6) is 0 Å². The fourth-order valence-electron chi connectivity index (χ4n) is 2.23. The minimum Gasteiger partial charge on any atom is -0.303 e. The smallest absolute Gasteiger partial charge is 0.303 e. The van der Waals surface area contributed by atoms with E-state index < -0.39 is 7.60 Å². The average Bonchev–Trinajstić information content (AvgIpc) is 2.44. The van der Waals surface area contributed by atoms with Crippen molar-refractivity contribution >= 4 is 7.60 Å². The van der Waals surface area contributed by atoms with E-state index in [1.165, 1.54) is 19.3 Å². The molecule has 1 heterocycles.